The number of thiazole rings is 1. The number of carbonyl (C=O) groups excluding carboxylic acids is 2. The summed E-state index contributed by atoms with van der Waals surface area (Å²) in [5.41, 5.74) is 2.43. The average molecular weight is 619 g/mol. The highest BCUT2D eigenvalue weighted by molar-refractivity contribution is 7.13. The van der Waals surface area contributed by atoms with Gasteiger partial charge in [-0.15, -0.1) is 11.3 Å². The second-order valence-corrected chi connectivity index (χ2v) is 12.4. The number of nitrogens with zero attached hydrogens (tertiary/aromatic N) is 5. The van der Waals surface area contributed by atoms with E-state index in [4.69, 9.17) is 9.47 Å². The highest BCUT2D eigenvalue weighted by Gasteiger charge is 2.32. The molecule has 3 heterocycles. The second-order valence-electron chi connectivity index (χ2n) is 11.6. The summed E-state index contributed by atoms with van der Waals surface area (Å²) in [6, 6.07) is 11.4. The fourth-order valence-corrected chi connectivity index (χ4v) is 5.86. The standard InChI is InChI=1S/C32H35FN6O4S/c1-20-26(42-27-11-7-6-10-23(27)33)13-12-24(36-29(40)25-19-44-30(37-25)21-14-15-34-35-17-21)28(20)39-16-8-9-22(39)18-38(5)31(41)43-32(2,3)4/h6-7,10-15,17,19,22H,8-9,16,18H2,1-5H3,(H,36,40)/t22-/m1/s1. The van der Waals surface area contributed by atoms with Crippen molar-refractivity contribution in [2.45, 2.75) is 52.2 Å². The number of hydrogen-bond acceptors (Lipinski definition) is 9. The smallest absolute Gasteiger partial charge is 0.410 e. The summed E-state index contributed by atoms with van der Waals surface area (Å²) in [6.45, 7) is 8.48. The molecule has 1 N–H and O–H groups in total. The summed E-state index contributed by atoms with van der Waals surface area (Å²) in [6.07, 6.45) is 4.47. The number of ether oxygens (including phenoxy) is 2. The molecule has 1 fully saturated rings. The van der Waals surface area contributed by atoms with Crippen LogP contribution in [0.15, 0.2) is 60.2 Å². The van der Waals surface area contributed by atoms with Crippen LogP contribution in [0.25, 0.3) is 10.6 Å². The van der Waals surface area contributed by atoms with Crippen LogP contribution in [0, 0.1) is 12.7 Å². The first-order valence-electron chi connectivity index (χ1n) is 14.3. The lowest BCUT2D eigenvalue weighted by atomic mass is 10.1. The van der Waals surface area contributed by atoms with E-state index in [9.17, 15) is 14.0 Å². The van der Waals surface area contributed by atoms with E-state index >= 15 is 0 Å². The number of aromatic nitrogens is 3. The van der Waals surface area contributed by atoms with Crippen LogP contribution >= 0.6 is 11.3 Å². The van der Waals surface area contributed by atoms with Gasteiger partial charge in [0.15, 0.2) is 11.6 Å². The van der Waals surface area contributed by atoms with E-state index in [0.717, 1.165) is 29.7 Å². The van der Waals surface area contributed by atoms with E-state index in [1.807, 2.05) is 27.7 Å². The number of hydrogen-bond donors (Lipinski definition) is 1. The number of rotatable bonds is 8. The van der Waals surface area contributed by atoms with Crippen molar-refractivity contribution in [1.29, 1.82) is 0 Å². The molecular weight excluding hydrogens is 583 g/mol. The van der Waals surface area contributed by atoms with Crippen molar-refractivity contribution < 1.29 is 23.5 Å². The first kappa shape index (κ1) is 30.9. The normalized spacial score (nSPS) is 14.8. The maximum absolute atomic E-state index is 14.5. The summed E-state index contributed by atoms with van der Waals surface area (Å²) in [5.74, 6) is -0.302. The number of para-hydroxylation sites is 1. The molecule has 0 bridgehead atoms. The summed E-state index contributed by atoms with van der Waals surface area (Å²) in [5, 5.41) is 13.1. The van der Waals surface area contributed by atoms with Crippen LogP contribution in [-0.2, 0) is 4.74 Å². The molecule has 1 atom stereocenters. The molecule has 12 heteroatoms. The highest BCUT2D eigenvalue weighted by Crippen LogP contribution is 2.41. The van der Waals surface area contributed by atoms with Gasteiger partial charge in [-0.25, -0.2) is 14.2 Å². The lowest BCUT2D eigenvalue weighted by Gasteiger charge is -2.34. The molecule has 1 aliphatic heterocycles. The largest absolute Gasteiger partial charge is 0.454 e. The Bertz CT molecular complexity index is 1640. The third-order valence-electron chi connectivity index (χ3n) is 7.11. The van der Waals surface area contributed by atoms with Crippen molar-refractivity contribution in [3.05, 3.63) is 77.3 Å². The van der Waals surface area contributed by atoms with Crippen molar-refractivity contribution in [2.24, 2.45) is 0 Å². The topological polar surface area (TPSA) is 110 Å². The molecule has 2 amide bonds. The predicted octanol–water partition coefficient (Wildman–Crippen LogP) is 6.93. The zero-order valence-electron chi connectivity index (χ0n) is 25.3. The molecule has 1 saturated heterocycles. The molecule has 4 aromatic rings. The first-order chi connectivity index (χ1) is 21.0. The van der Waals surface area contributed by atoms with Crippen LogP contribution < -0.4 is 15.0 Å². The van der Waals surface area contributed by atoms with E-state index in [2.05, 4.69) is 25.4 Å². The summed E-state index contributed by atoms with van der Waals surface area (Å²) < 4.78 is 26.1. The second kappa shape index (κ2) is 13.0. The Balaban J connectivity index is 1.46. The van der Waals surface area contributed by atoms with E-state index in [1.165, 1.54) is 17.4 Å². The number of halogens is 1. The number of carbonyl (C=O) groups is 2. The molecule has 44 heavy (non-hydrogen) atoms. The number of likely N-dealkylation sites (N-methyl/N-ethyl adjacent to an activating group) is 1. The average Bonchev–Trinajstić information content (AvgIpc) is 3.66. The molecule has 2 aromatic carbocycles. The molecule has 0 spiro atoms. The number of anilines is 2. The van der Waals surface area contributed by atoms with Crippen molar-refractivity contribution in [3.63, 3.8) is 0 Å². The lowest BCUT2D eigenvalue weighted by molar-refractivity contribution is 0.0290. The molecule has 1 aliphatic rings. The molecule has 230 valence electrons. The van der Waals surface area contributed by atoms with Gasteiger partial charge in [0.25, 0.3) is 5.91 Å². The van der Waals surface area contributed by atoms with Crippen LogP contribution in [0.1, 0.15) is 49.7 Å². The Morgan fingerprint density at radius 2 is 1.93 bits per heavy atom. The van der Waals surface area contributed by atoms with Crippen molar-refractivity contribution in [2.75, 3.05) is 30.4 Å². The molecule has 10 nitrogen and oxygen atoms in total. The predicted molar refractivity (Wildman–Crippen MR) is 168 cm³/mol. The van der Waals surface area contributed by atoms with Crippen molar-refractivity contribution >= 4 is 34.7 Å². The molecular formula is C32H35FN6O4S. The number of benzene rings is 2. The van der Waals surface area contributed by atoms with E-state index in [-0.39, 0.29) is 23.4 Å². The minimum Gasteiger partial charge on any atom is -0.454 e. The van der Waals surface area contributed by atoms with Gasteiger partial charge in [-0.1, -0.05) is 12.1 Å². The third kappa shape index (κ3) is 7.13. The van der Waals surface area contributed by atoms with Gasteiger partial charge in [0.05, 0.1) is 23.8 Å². The molecule has 5 rings (SSSR count). The van der Waals surface area contributed by atoms with E-state index < -0.39 is 17.5 Å². The van der Waals surface area contributed by atoms with Crippen LogP contribution in [0.2, 0.25) is 0 Å². The van der Waals surface area contributed by atoms with Gasteiger partial charge in [0.2, 0.25) is 0 Å². The van der Waals surface area contributed by atoms with Gasteiger partial charge in [0, 0.05) is 42.7 Å². The maximum Gasteiger partial charge on any atom is 0.410 e. The highest BCUT2D eigenvalue weighted by atomic mass is 32.1. The third-order valence-corrected chi connectivity index (χ3v) is 8.00. The van der Waals surface area contributed by atoms with Crippen molar-refractivity contribution in [3.8, 4) is 22.1 Å². The minimum atomic E-state index is -0.614. The zero-order chi connectivity index (χ0) is 31.4. The monoisotopic (exact) mass is 618 g/mol. The fourth-order valence-electron chi connectivity index (χ4n) is 5.07. The quantitative estimate of drug-likeness (QED) is 0.227. The van der Waals surface area contributed by atoms with Crippen LogP contribution in [0.3, 0.4) is 0 Å². The maximum atomic E-state index is 14.5. The van der Waals surface area contributed by atoms with Crippen molar-refractivity contribution in [1.82, 2.24) is 20.1 Å². The Kier molecular flexibility index (Phi) is 9.09. The van der Waals surface area contributed by atoms with Gasteiger partial charge in [-0.3, -0.25) is 4.79 Å². The van der Waals surface area contributed by atoms with Crippen LogP contribution in [-0.4, -0.2) is 63.9 Å². The van der Waals surface area contributed by atoms with Crippen LogP contribution in [0.5, 0.6) is 11.5 Å². The lowest BCUT2D eigenvalue weighted by Crippen LogP contribution is -2.43. The molecule has 0 saturated carbocycles. The van der Waals surface area contributed by atoms with Gasteiger partial charge in [-0.2, -0.15) is 10.2 Å². The molecule has 0 aliphatic carbocycles. The van der Waals surface area contributed by atoms with Gasteiger partial charge in [-0.05, 0) is 70.9 Å². The number of amides is 2. The Hall–Kier alpha value is -4.58. The summed E-state index contributed by atoms with van der Waals surface area (Å²) in [7, 11) is 1.72. The first-order valence-corrected chi connectivity index (χ1v) is 15.2. The minimum absolute atomic E-state index is 0.0596. The molecule has 0 radical (unpaired) electrons. The Morgan fingerprint density at radius 3 is 2.66 bits per heavy atom. The van der Waals surface area contributed by atoms with E-state index in [0.29, 0.717) is 29.5 Å². The van der Waals surface area contributed by atoms with Gasteiger partial charge >= 0.3 is 6.09 Å². The van der Waals surface area contributed by atoms with Gasteiger partial charge < -0.3 is 24.6 Å². The zero-order valence-corrected chi connectivity index (χ0v) is 26.2. The molecule has 0 unspecified atom stereocenters. The fraction of sp³-hybridized carbons (Fsp3) is 0.344. The Morgan fingerprint density at radius 1 is 1.14 bits per heavy atom. The molecule has 2 aromatic heterocycles. The SMILES string of the molecule is Cc1c(Oc2ccccc2F)ccc(NC(=O)c2csc(-c3ccnnc3)n2)c1N1CCC[C@@H]1CN(C)C(=O)OC(C)(C)C. The van der Waals surface area contributed by atoms with Gasteiger partial charge in [0.1, 0.15) is 22.1 Å². The van der Waals surface area contributed by atoms with E-state index in [1.54, 1.807) is 66.1 Å². The number of nitrogens with one attached hydrogen (secondary N) is 1. The summed E-state index contributed by atoms with van der Waals surface area (Å²) in [4.78, 5) is 34.5. The van der Waals surface area contributed by atoms with Crippen LogP contribution in [0.4, 0.5) is 20.6 Å². The Labute approximate surface area is 259 Å². The summed E-state index contributed by atoms with van der Waals surface area (Å²) >= 11 is 1.34.